The van der Waals surface area contributed by atoms with Crippen LogP contribution in [0.25, 0.3) is 0 Å². The molecule has 1 aliphatic heterocycles. The summed E-state index contributed by atoms with van der Waals surface area (Å²) in [5.74, 6) is 1.23. The maximum Gasteiger partial charge on any atom is 0.348 e. The quantitative estimate of drug-likeness (QED) is 0.718. The molecule has 0 saturated carbocycles. The van der Waals surface area contributed by atoms with Crippen LogP contribution in [0, 0.1) is 10.5 Å². The Balaban J connectivity index is 1.97. The van der Waals surface area contributed by atoms with Gasteiger partial charge in [0.1, 0.15) is 17.1 Å². The van der Waals surface area contributed by atoms with Crippen molar-refractivity contribution in [2.75, 3.05) is 12.3 Å². The number of hydrogen-bond acceptors (Lipinski definition) is 5. The van der Waals surface area contributed by atoms with Crippen LogP contribution in [-0.2, 0) is 0 Å². The zero-order valence-corrected chi connectivity index (χ0v) is 15.6. The smallest absolute Gasteiger partial charge is 0.348 e. The molecule has 1 aromatic heterocycles. The third kappa shape index (κ3) is 3.80. The van der Waals surface area contributed by atoms with Crippen molar-refractivity contribution in [1.82, 2.24) is 0 Å². The van der Waals surface area contributed by atoms with E-state index in [9.17, 15) is 9.90 Å². The second kappa shape index (κ2) is 7.09. The minimum Gasteiger partial charge on any atom is -0.507 e. The molecule has 0 saturated heterocycles. The molecule has 1 atom stereocenters. The van der Waals surface area contributed by atoms with E-state index >= 15 is 0 Å². The Morgan fingerprint density at radius 1 is 1.39 bits per heavy atom. The normalized spacial score (nSPS) is 18.3. The van der Waals surface area contributed by atoms with Crippen LogP contribution in [0.3, 0.4) is 0 Å². The number of benzene rings is 1. The van der Waals surface area contributed by atoms with Gasteiger partial charge in [-0.25, -0.2) is 4.79 Å². The van der Waals surface area contributed by atoms with E-state index in [4.69, 9.17) is 4.42 Å². The van der Waals surface area contributed by atoms with Crippen molar-refractivity contribution >= 4 is 40.1 Å². The van der Waals surface area contributed by atoms with Crippen LogP contribution in [0.1, 0.15) is 28.6 Å². The van der Waals surface area contributed by atoms with Gasteiger partial charge in [0, 0.05) is 33.6 Å². The molecule has 3 rings (SSSR count). The van der Waals surface area contributed by atoms with E-state index in [2.05, 4.69) is 45.8 Å². The first-order chi connectivity index (χ1) is 11.0. The standard InChI is InChI=1S/C17H16INO3S/c1-10-7-14(20)16(17(21)22-10)13-9-15(23-6-5-19-13)11-3-2-4-12(18)8-11/h2-4,7-8,15,20H,5-6,9H2,1H3/t15-/m1/s1. The van der Waals surface area contributed by atoms with Crippen molar-refractivity contribution in [3.63, 3.8) is 0 Å². The molecule has 0 bridgehead atoms. The van der Waals surface area contributed by atoms with Crippen molar-refractivity contribution in [3.8, 4) is 5.75 Å². The first-order valence-electron chi connectivity index (χ1n) is 7.29. The molecule has 23 heavy (non-hydrogen) atoms. The molecule has 1 aliphatic rings. The Morgan fingerprint density at radius 2 is 2.22 bits per heavy atom. The second-order valence-corrected chi connectivity index (χ2v) is 7.91. The van der Waals surface area contributed by atoms with E-state index in [1.54, 1.807) is 6.92 Å². The minimum atomic E-state index is -0.519. The zero-order valence-electron chi connectivity index (χ0n) is 12.6. The van der Waals surface area contributed by atoms with Gasteiger partial charge in [-0.2, -0.15) is 11.8 Å². The van der Waals surface area contributed by atoms with Gasteiger partial charge in [0.15, 0.2) is 0 Å². The number of hydrogen-bond donors (Lipinski definition) is 1. The van der Waals surface area contributed by atoms with Crippen LogP contribution in [0.4, 0.5) is 0 Å². The van der Waals surface area contributed by atoms with Crippen molar-refractivity contribution in [2.45, 2.75) is 18.6 Å². The van der Waals surface area contributed by atoms with Gasteiger partial charge in [-0.15, -0.1) is 0 Å². The lowest BCUT2D eigenvalue weighted by Gasteiger charge is -2.16. The Bertz CT molecular complexity index is 816. The van der Waals surface area contributed by atoms with Crippen LogP contribution in [0.5, 0.6) is 5.75 Å². The highest BCUT2D eigenvalue weighted by Crippen LogP contribution is 2.36. The Labute approximate surface area is 152 Å². The number of aryl methyl sites for hydroxylation is 1. The Kier molecular flexibility index (Phi) is 5.11. The maximum absolute atomic E-state index is 12.2. The summed E-state index contributed by atoms with van der Waals surface area (Å²) >= 11 is 4.12. The first-order valence-corrected chi connectivity index (χ1v) is 9.42. The van der Waals surface area contributed by atoms with E-state index in [1.807, 2.05) is 17.8 Å². The number of nitrogens with zero attached hydrogens (tertiary/aromatic N) is 1. The fourth-order valence-corrected chi connectivity index (χ4v) is 4.30. The summed E-state index contributed by atoms with van der Waals surface area (Å²) in [7, 11) is 0. The summed E-state index contributed by atoms with van der Waals surface area (Å²) in [4.78, 5) is 16.7. The lowest BCUT2D eigenvalue weighted by atomic mass is 10.0. The molecule has 0 amide bonds. The number of thioether (sulfide) groups is 1. The first kappa shape index (κ1) is 16.6. The van der Waals surface area contributed by atoms with Gasteiger partial charge in [0.05, 0.1) is 5.71 Å². The molecule has 6 heteroatoms. The average Bonchev–Trinajstić information content (AvgIpc) is 2.72. The number of aromatic hydroxyl groups is 1. The highest BCUT2D eigenvalue weighted by Gasteiger charge is 2.23. The summed E-state index contributed by atoms with van der Waals surface area (Å²) in [5.41, 5.74) is 1.53. The Hall–Kier alpha value is -1.28. The van der Waals surface area contributed by atoms with Gasteiger partial charge in [-0.3, -0.25) is 4.99 Å². The van der Waals surface area contributed by atoms with Gasteiger partial charge in [-0.05, 0) is 47.2 Å². The van der Waals surface area contributed by atoms with E-state index < -0.39 is 5.63 Å². The van der Waals surface area contributed by atoms with Crippen LogP contribution >= 0.6 is 34.4 Å². The van der Waals surface area contributed by atoms with E-state index in [0.717, 1.165) is 5.75 Å². The highest BCUT2D eigenvalue weighted by atomic mass is 127. The van der Waals surface area contributed by atoms with Crippen LogP contribution in [0.15, 0.2) is 44.5 Å². The third-order valence-electron chi connectivity index (χ3n) is 3.65. The number of halogens is 1. The molecule has 1 aromatic carbocycles. The van der Waals surface area contributed by atoms with Gasteiger partial charge in [-0.1, -0.05) is 12.1 Å². The summed E-state index contributed by atoms with van der Waals surface area (Å²) in [6, 6.07) is 9.81. The van der Waals surface area contributed by atoms with E-state index in [1.165, 1.54) is 15.2 Å². The van der Waals surface area contributed by atoms with Gasteiger partial charge in [0.25, 0.3) is 0 Å². The predicted octanol–water partition coefficient (Wildman–Crippen LogP) is 3.93. The molecule has 1 N–H and O–H groups in total. The van der Waals surface area contributed by atoms with E-state index in [-0.39, 0.29) is 16.6 Å². The molecule has 0 fully saturated rings. The summed E-state index contributed by atoms with van der Waals surface area (Å²) in [5, 5.41) is 10.4. The third-order valence-corrected chi connectivity index (χ3v) is 5.59. The van der Waals surface area contributed by atoms with Gasteiger partial charge >= 0.3 is 5.63 Å². The summed E-state index contributed by atoms with van der Waals surface area (Å²) in [6.07, 6.45) is 0.603. The van der Waals surface area contributed by atoms with Crippen LogP contribution < -0.4 is 5.63 Å². The summed E-state index contributed by atoms with van der Waals surface area (Å²) in [6.45, 7) is 2.28. The Morgan fingerprint density at radius 3 is 2.96 bits per heavy atom. The minimum absolute atomic E-state index is 0.0502. The topological polar surface area (TPSA) is 62.8 Å². The molecular formula is C17H16INO3S. The van der Waals surface area contributed by atoms with Crippen LogP contribution in [-0.4, -0.2) is 23.1 Å². The lowest BCUT2D eigenvalue weighted by Crippen LogP contribution is -2.17. The lowest BCUT2D eigenvalue weighted by molar-refractivity contribution is 0.432. The van der Waals surface area contributed by atoms with Crippen molar-refractivity contribution in [1.29, 1.82) is 0 Å². The molecular weight excluding hydrogens is 425 g/mol. The molecule has 4 nitrogen and oxygen atoms in total. The molecule has 2 heterocycles. The molecule has 0 radical (unpaired) electrons. The molecule has 0 unspecified atom stereocenters. The fourth-order valence-electron chi connectivity index (χ4n) is 2.64. The summed E-state index contributed by atoms with van der Waals surface area (Å²) < 4.78 is 6.32. The van der Waals surface area contributed by atoms with Crippen molar-refractivity contribution in [2.24, 2.45) is 4.99 Å². The van der Waals surface area contributed by atoms with Crippen molar-refractivity contribution in [3.05, 3.63) is 61.2 Å². The monoisotopic (exact) mass is 441 g/mol. The predicted molar refractivity (Wildman–Crippen MR) is 102 cm³/mol. The molecule has 0 spiro atoms. The largest absolute Gasteiger partial charge is 0.507 e. The number of aliphatic imine (C=N–C) groups is 1. The second-order valence-electron chi connectivity index (χ2n) is 5.35. The zero-order chi connectivity index (χ0) is 16.4. The maximum atomic E-state index is 12.2. The highest BCUT2D eigenvalue weighted by molar-refractivity contribution is 14.1. The van der Waals surface area contributed by atoms with Gasteiger partial charge < -0.3 is 9.52 Å². The average molecular weight is 441 g/mol. The van der Waals surface area contributed by atoms with E-state index in [0.29, 0.717) is 24.4 Å². The number of rotatable bonds is 2. The molecule has 120 valence electrons. The fraction of sp³-hybridized carbons (Fsp3) is 0.294. The van der Waals surface area contributed by atoms with Gasteiger partial charge in [0.2, 0.25) is 0 Å². The molecule has 2 aromatic rings. The molecule has 0 aliphatic carbocycles. The van der Waals surface area contributed by atoms with Crippen molar-refractivity contribution < 1.29 is 9.52 Å². The SMILES string of the molecule is Cc1cc(O)c(C2=NCCS[C@@H](c3cccc(I)c3)C2)c(=O)o1. The van der Waals surface area contributed by atoms with Crippen LogP contribution in [0.2, 0.25) is 0 Å².